The summed E-state index contributed by atoms with van der Waals surface area (Å²) in [6.45, 7) is 1.44. The molecule has 1 amide bonds. The van der Waals surface area contributed by atoms with Crippen molar-refractivity contribution in [1.82, 2.24) is 10.2 Å². The summed E-state index contributed by atoms with van der Waals surface area (Å²) in [5.41, 5.74) is 1.38. The van der Waals surface area contributed by atoms with Crippen molar-refractivity contribution < 1.29 is 17.6 Å². The monoisotopic (exact) mass is 336 g/mol. The van der Waals surface area contributed by atoms with E-state index in [1.807, 2.05) is 0 Å². The van der Waals surface area contributed by atoms with Crippen molar-refractivity contribution in [1.29, 1.82) is 0 Å². The summed E-state index contributed by atoms with van der Waals surface area (Å²) in [6, 6.07) is 6.98. The molecule has 1 aliphatic rings. The van der Waals surface area contributed by atoms with Crippen LogP contribution in [0.5, 0.6) is 0 Å². The number of benzene rings is 1. The highest BCUT2D eigenvalue weighted by atomic mass is 32.2. The van der Waals surface area contributed by atoms with Crippen molar-refractivity contribution in [2.75, 3.05) is 22.1 Å². The number of carbonyl (C=O) groups is 1. The van der Waals surface area contributed by atoms with E-state index in [0.717, 1.165) is 0 Å². The molecule has 1 fully saturated rings. The maximum absolute atomic E-state index is 11.4. The molecule has 1 aromatic carbocycles. The Bertz CT molecular complexity index is 814. The smallest absolute Gasteiger partial charge is 0.315 e. The van der Waals surface area contributed by atoms with Crippen LogP contribution in [0.4, 0.5) is 11.7 Å². The Kier molecular flexibility index (Phi) is 4.03. The molecule has 0 radical (unpaired) electrons. The molecule has 122 valence electrons. The summed E-state index contributed by atoms with van der Waals surface area (Å²) < 4.78 is 28.4. The molecular weight excluding hydrogens is 320 g/mol. The van der Waals surface area contributed by atoms with Gasteiger partial charge in [0.1, 0.15) is 0 Å². The number of nitrogens with zero attached hydrogens (tertiary/aromatic N) is 2. The highest BCUT2D eigenvalue weighted by Crippen LogP contribution is 2.23. The van der Waals surface area contributed by atoms with Crippen LogP contribution in [0.15, 0.2) is 28.7 Å². The summed E-state index contributed by atoms with van der Waals surface area (Å²) in [5.74, 6) is 0.433. The lowest BCUT2D eigenvalue weighted by Gasteiger charge is -2.06. The second-order valence-electron chi connectivity index (χ2n) is 5.42. The third kappa shape index (κ3) is 3.86. The number of nitrogens with one attached hydrogen (secondary N) is 2. The molecule has 1 aromatic heterocycles. The molecule has 2 N–H and O–H groups in total. The van der Waals surface area contributed by atoms with Crippen LogP contribution in [0.3, 0.4) is 0 Å². The van der Waals surface area contributed by atoms with Gasteiger partial charge in [0.05, 0.1) is 11.5 Å². The number of amides is 1. The maximum atomic E-state index is 11.4. The van der Waals surface area contributed by atoms with Crippen molar-refractivity contribution in [3.05, 3.63) is 24.3 Å². The van der Waals surface area contributed by atoms with Gasteiger partial charge in [-0.1, -0.05) is 5.10 Å². The average Bonchev–Trinajstić information content (AvgIpc) is 3.06. The highest BCUT2D eigenvalue weighted by molar-refractivity contribution is 7.91. The van der Waals surface area contributed by atoms with Gasteiger partial charge in [0, 0.05) is 24.2 Å². The summed E-state index contributed by atoms with van der Waals surface area (Å²) in [6.07, 6.45) is 0.533. The Morgan fingerprint density at radius 3 is 2.61 bits per heavy atom. The molecule has 1 aliphatic heterocycles. The van der Waals surface area contributed by atoms with Crippen molar-refractivity contribution in [3.8, 4) is 11.5 Å². The summed E-state index contributed by atoms with van der Waals surface area (Å²) in [4.78, 5) is 11.0. The van der Waals surface area contributed by atoms with E-state index in [2.05, 4.69) is 20.8 Å². The van der Waals surface area contributed by atoms with E-state index in [9.17, 15) is 13.2 Å². The standard InChI is InChI=1S/C14H16N4O4S/c1-9(19)15-11-4-2-10(3-5-11)13-17-18-14(22-13)16-12-6-7-23(20,21)8-12/h2-5,12H,6-8H2,1H3,(H,15,19)(H,16,18). The van der Waals surface area contributed by atoms with Gasteiger partial charge in [-0.25, -0.2) is 8.42 Å². The summed E-state index contributed by atoms with van der Waals surface area (Å²) in [7, 11) is -2.96. The first-order valence-corrected chi connectivity index (χ1v) is 8.92. The predicted octanol–water partition coefficient (Wildman–Crippen LogP) is 1.29. The number of hydrogen-bond donors (Lipinski definition) is 2. The first-order valence-electron chi connectivity index (χ1n) is 7.10. The third-order valence-electron chi connectivity index (χ3n) is 3.44. The number of carbonyl (C=O) groups excluding carboxylic acids is 1. The molecule has 1 saturated heterocycles. The van der Waals surface area contributed by atoms with Crippen LogP contribution in [-0.4, -0.2) is 42.1 Å². The van der Waals surface area contributed by atoms with E-state index >= 15 is 0 Å². The zero-order chi connectivity index (χ0) is 16.4. The average molecular weight is 336 g/mol. The zero-order valence-electron chi connectivity index (χ0n) is 12.4. The van der Waals surface area contributed by atoms with Crippen molar-refractivity contribution in [2.24, 2.45) is 0 Å². The summed E-state index contributed by atoms with van der Waals surface area (Å²) >= 11 is 0. The van der Waals surface area contributed by atoms with Crippen LogP contribution >= 0.6 is 0 Å². The SMILES string of the molecule is CC(=O)Nc1ccc(-c2nnc(NC3CCS(=O)(=O)C3)o2)cc1. The van der Waals surface area contributed by atoms with Crippen LogP contribution in [0, 0.1) is 0 Å². The Labute approximate surface area is 133 Å². The lowest BCUT2D eigenvalue weighted by Crippen LogP contribution is -2.20. The van der Waals surface area contributed by atoms with E-state index < -0.39 is 9.84 Å². The number of sulfone groups is 1. The molecule has 0 aliphatic carbocycles. The van der Waals surface area contributed by atoms with Gasteiger partial charge in [-0.2, -0.15) is 0 Å². The van der Waals surface area contributed by atoms with Gasteiger partial charge in [0.25, 0.3) is 0 Å². The minimum absolute atomic E-state index is 0.0795. The predicted molar refractivity (Wildman–Crippen MR) is 84.7 cm³/mol. The summed E-state index contributed by atoms with van der Waals surface area (Å²) in [5, 5.41) is 13.4. The molecule has 9 heteroatoms. The molecule has 23 heavy (non-hydrogen) atoms. The fourth-order valence-corrected chi connectivity index (χ4v) is 4.05. The van der Waals surface area contributed by atoms with Gasteiger partial charge in [-0.05, 0) is 30.7 Å². The molecule has 0 bridgehead atoms. The van der Waals surface area contributed by atoms with Crippen LogP contribution in [0.2, 0.25) is 0 Å². The second-order valence-corrected chi connectivity index (χ2v) is 7.64. The first-order chi connectivity index (χ1) is 10.9. The quantitative estimate of drug-likeness (QED) is 0.864. The molecule has 1 unspecified atom stereocenters. The Hall–Kier alpha value is -2.42. The number of hydrogen-bond acceptors (Lipinski definition) is 7. The lowest BCUT2D eigenvalue weighted by atomic mass is 10.2. The van der Waals surface area contributed by atoms with Gasteiger partial charge in [0.15, 0.2) is 9.84 Å². The lowest BCUT2D eigenvalue weighted by molar-refractivity contribution is -0.114. The highest BCUT2D eigenvalue weighted by Gasteiger charge is 2.28. The maximum Gasteiger partial charge on any atom is 0.315 e. The Balaban J connectivity index is 1.68. The zero-order valence-corrected chi connectivity index (χ0v) is 13.3. The van der Waals surface area contributed by atoms with Gasteiger partial charge < -0.3 is 15.1 Å². The molecule has 0 spiro atoms. The van der Waals surface area contributed by atoms with Crippen molar-refractivity contribution in [2.45, 2.75) is 19.4 Å². The number of rotatable bonds is 4. The minimum atomic E-state index is -2.96. The third-order valence-corrected chi connectivity index (χ3v) is 5.21. The van der Waals surface area contributed by atoms with E-state index in [4.69, 9.17) is 4.42 Å². The molecule has 8 nitrogen and oxygen atoms in total. The topological polar surface area (TPSA) is 114 Å². The fourth-order valence-electron chi connectivity index (χ4n) is 2.38. The van der Waals surface area contributed by atoms with Gasteiger partial charge in [0.2, 0.25) is 11.8 Å². The minimum Gasteiger partial charge on any atom is -0.403 e. The fraction of sp³-hybridized carbons (Fsp3) is 0.357. The first kappa shape index (κ1) is 15.5. The van der Waals surface area contributed by atoms with Crippen molar-refractivity contribution >= 4 is 27.4 Å². The molecule has 1 atom stereocenters. The molecule has 0 saturated carbocycles. The Morgan fingerprint density at radius 1 is 1.26 bits per heavy atom. The normalized spacial score (nSPS) is 19.4. The Morgan fingerprint density at radius 2 is 2.00 bits per heavy atom. The second kappa shape index (κ2) is 5.99. The van der Waals surface area contributed by atoms with Crippen LogP contribution in [-0.2, 0) is 14.6 Å². The molecule has 3 rings (SSSR count). The van der Waals surface area contributed by atoms with E-state index in [0.29, 0.717) is 23.6 Å². The van der Waals surface area contributed by atoms with Crippen LogP contribution in [0.1, 0.15) is 13.3 Å². The van der Waals surface area contributed by atoms with Gasteiger partial charge >= 0.3 is 6.01 Å². The molecule has 2 aromatic rings. The van der Waals surface area contributed by atoms with Gasteiger partial charge in [-0.3, -0.25) is 4.79 Å². The van der Waals surface area contributed by atoms with E-state index in [1.54, 1.807) is 24.3 Å². The van der Waals surface area contributed by atoms with E-state index in [1.165, 1.54) is 6.92 Å². The van der Waals surface area contributed by atoms with Gasteiger partial charge in [-0.15, -0.1) is 5.10 Å². The van der Waals surface area contributed by atoms with E-state index in [-0.39, 0.29) is 29.5 Å². The van der Waals surface area contributed by atoms with Crippen molar-refractivity contribution in [3.63, 3.8) is 0 Å². The number of anilines is 2. The van der Waals surface area contributed by atoms with Crippen LogP contribution < -0.4 is 10.6 Å². The molecular formula is C14H16N4O4S. The van der Waals surface area contributed by atoms with Crippen LogP contribution in [0.25, 0.3) is 11.5 Å². The molecule has 2 heterocycles. The largest absolute Gasteiger partial charge is 0.403 e. The number of aromatic nitrogens is 2.